The number of aryl methyl sites for hydroxylation is 1. The van der Waals surface area contributed by atoms with Gasteiger partial charge in [0.05, 0.1) is 25.3 Å². The number of hydrogen-bond acceptors (Lipinski definition) is 8. The Morgan fingerprint density at radius 1 is 0.863 bits per heavy atom. The molecule has 280 valence electrons. The molecule has 2 heterocycles. The van der Waals surface area contributed by atoms with Crippen LogP contribution in [0.4, 0.5) is 0 Å². The minimum Gasteiger partial charge on any atom is -0.361 e. The van der Waals surface area contributed by atoms with Crippen LogP contribution in [0, 0.1) is 11.8 Å². The smallest absolute Gasteiger partial charge is 0.243 e. The number of hydrogen-bond donors (Lipinski definition) is 4. The zero-order chi connectivity index (χ0) is 37.0. The number of ether oxygens (including phenoxy) is 2. The minimum absolute atomic E-state index is 0.0935. The molecule has 11 nitrogen and oxygen atoms in total. The molecule has 0 saturated carbocycles. The van der Waals surface area contributed by atoms with Gasteiger partial charge in [-0.1, -0.05) is 88.4 Å². The molecule has 4 rings (SSSR count). The van der Waals surface area contributed by atoms with E-state index in [0.29, 0.717) is 45.6 Å². The van der Waals surface area contributed by atoms with Crippen LogP contribution in [-0.4, -0.2) is 97.2 Å². The van der Waals surface area contributed by atoms with Gasteiger partial charge in [0.15, 0.2) is 5.78 Å². The van der Waals surface area contributed by atoms with E-state index in [-0.39, 0.29) is 41.9 Å². The van der Waals surface area contributed by atoms with Crippen molar-refractivity contribution in [2.75, 3.05) is 32.8 Å². The Labute approximate surface area is 304 Å². The highest BCUT2D eigenvalue weighted by Crippen LogP contribution is 2.29. The van der Waals surface area contributed by atoms with Gasteiger partial charge in [-0.3, -0.25) is 19.2 Å². The average molecular weight is 706 g/mol. The predicted molar refractivity (Wildman–Crippen MR) is 198 cm³/mol. The Balaban J connectivity index is 1.54. The molecule has 0 aliphatic carbocycles. The van der Waals surface area contributed by atoms with Crippen molar-refractivity contribution in [3.05, 3.63) is 71.8 Å². The third-order valence-electron chi connectivity index (χ3n) is 9.56. The number of carbonyl (C=O) groups excluding carboxylic acids is 4. The van der Waals surface area contributed by atoms with Crippen LogP contribution in [0.1, 0.15) is 71.9 Å². The van der Waals surface area contributed by atoms with E-state index in [0.717, 1.165) is 24.1 Å². The van der Waals surface area contributed by atoms with Crippen LogP contribution in [0.3, 0.4) is 0 Å². The topological polar surface area (TPSA) is 141 Å². The van der Waals surface area contributed by atoms with Gasteiger partial charge < -0.3 is 35.6 Å². The fourth-order valence-electron chi connectivity index (χ4n) is 6.70. The Hall–Kier alpha value is -3.64. The maximum Gasteiger partial charge on any atom is 0.243 e. The van der Waals surface area contributed by atoms with Gasteiger partial charge in [-0.25, -0.2) is 0 Å². The van der Waals surface area contributed by atoms with Crippen molar-refractivity contribution >= 4 is 23.5 Å². The molecule has 2 saturated heterocycles. The average Bonchev–Trinajstić information content (AvgIpc) is 3.86. The molecule has 6 unspecified atom stereocenters. The summed E-state index contributed by atoms with van der Waals surface area (Å²) in [5.74, 6) is -0.645. The lowest BCUT2D eigenvalue weighted by atomic mass is 9.93. The Morgan fingerprint density at radius 3 is 1.98 bits per heavy atom. The molecule has 4 N–H and O–H groups in total. The normalized spacial score (nSPS) is 21.0. The van der Waals surface area contributed by atoms with E-state index in [2.05, 4.69) is 47.2 Å². The summed E-state index contributed by atoms with van der Waals surface area (Å²) in [6.07, 6.45) is 2.23. The number of amides is 3. The molecule has 51 heavy (non-hydrogen) atoms. The summed E-state index contributed by atoms with van der Waals surface area (Å²) >= 11 is 0. The monoisotopic (exact) mass is 705 g/mol. The van der Waals surface area contributed by atoms with Crippen molar-refractivity contribution in [1.82, 2.24) is 26.2 Å². The first kappa shape index (κ1) is 40.1. The van der Waals surface area contributed by atoms with Gasteiger partial charge in [0.25, 0.3) is 0 Å². The molecule has 0 bridgehead atoms. The number of Topliss-reactive ketones (excluding diaryl/α,β-unsaturated/α-hetero) is 1. The van der Waals surface area contributed by atoms with Gasteiger partial charge in [0, 0.05) is 39.0 Å². The van der Waals surface area contributed by atoms with Crippen molar-refractivity contribution in [1.29, 1.82) is 0 Å². The summed E-state index contributed by atoms with van der Waals surface area (Å²) in [6, 6.07) is 17.1. The first-order chi connectivity index (χ1) is 24.4. The van der Waals surface area contributed by atoms with Crippen molar-refractivity contribution in [2.24, 2.45) is 11.8 Å². The van der Waals surface area contributed by atoms with Gasteiger partial charge >= 0.3 is 0 Å². The summed E-state index contributed by atoms with van der Waals surface area (Å²) in [7, 11) is 0. The number of nitrogens with zero attached hydrogens (tertiary/aromatic N) is 1. The van der Waals surface area contributed by atoms with E-state index in [1.807, 2.05) is 62.4 Å². The Kier molecular flexibility index (Phi) is 15.2. The summed E-state index contributed by atoms with van der Waals surface area (Å²) < 4.78 is 11.5. The number of benzene rings is 2. The Morgan fingerprint density at radius 2 is 1.43 bits per heavy atom. The lowest BCUT2D eigenvalue weighted by Crippen LogP contribution is -2.60. The maximum absolute atomic E-state index is 14.2. The molecule has 2 aromatic rings. The van der Waals surface area contributed by atoms with Gasteiger partial charge in [0.1, 0.15) is 17.9 Å². The minimum atomic E-state index is -0.920. The number of epoxide rings is 1. The maximum atomic E-state index is 14.2. The summed E-state index contributed by atoms with van der Waals surface area (Å²) in [6.45, 7) is 13.9. The number of morpholine rings is 1. The molecule has 2 aliphatic heterocycles. The van der Waals surface area contributed by atoms with Crippen LogP contribution < -0.4 is 21.3 Å². The molecule has 3 amide bonds. The zero-order valence-corrected chi connectivity index (χ0v) is 31.3. The quantitative estimate of drug-likeness (QED) is 0.154. The summed E-state index contributed by atoms with van der Waals surface area (Å²) in [4.78, 5) is 56.5. The molecule has 2 aliphatic rings. The molecule has 11 heteroatoms. The standard InChI is InChI=1S/C40H59N5O6/c1-27(2)21-33(37(47)40(6)26-51-40)43-39(49)35(23-31-15-11-8-12-16-31)44-38(48)34(22-28(3)4)42-24-32(18-17-30-13-9-7-10-14-30)45(29(5)46)36-25-41-19-20-50-36/h7-16,27-28,32-36,41-42H,17-26H2,1-6H3,(H,43,49)(H,44,48). The second-order valence-electron chi connectivity index (χ2n) is 15.0. The van der Waals surface area contributed by atoms with E-state index in [1.54, 1.807) is 18.7 Å². The SMILES string of the molecule is CC(=O)N(C(CCc1ccccc1)CNC(CC(C)C)C(=O)NC(Cc1ccccc1)C(=O)NC(CC(C)C)C(=O)C1(C)CO1)C1CNCCO1. The third kappa shape index (κ3) is 12.5. The van der Waals surface area contributed by atoms with E-state index < -0.39 is 35.9 Å². The van der Waals surface area contributed by atoms with Crippen molar-refractivity contribution < 1.29 is 28.7 Å². The third-order valence-corrected chi connectivity index (χ3v) is 9.56. The highest BCUT2D eigenvalue weighted by molar-refractivity contribution is 5.98. The number of rotatable bonds is 20. The van der Waals surface area contributed by atoms with Gasteiger partial charge in [-0.2, -0.15) is 0 Å². The van der Waals surface area contributed by atoms with Crippen LogP contribution in [0.15, 0.2) is 60.7 Å². The molecule has 6 atom stereocenters. The van der Waals surface area contributed by atoms with Crippen molar-refractivity contribution in [2.45, 2.75) is 110 Å². The summed E-state index contributed by atoms with van der Waals surface area (Å²) in [5.41, 5.74) is 1.16. The molecular weight excluding hydrogens is 646 g/mol. The highest BCUT2D eigenvalue weighted by atomic mass is 16.6. The predicted octanol–water partition coefficient (Wildman–Crippen LogP) is 3.40. The zero-order valence-electron chi connectivity index (χ0n) is 31.3. The van der Waals surface area contributed by atoms with Crippen LogP contribution in [-0.2, 0) is 41.5 Å². The lowest BCUT2D eigenvalue weighted by Gasteiger charge is -2.40. The first-order valence-electron chi connectivity index (χ1n) is 18.6. The van der Waals surface area contributed by atoms with Gasteiger partial charge in [0.2, 0.25) is 17.7 Å². The first-order valence-corrected chi connectivity index (χ1v) is 18.6. The lowest BCUT2D eigenvalue weighted by molar-refractivity contribution is -0.152. The highest BCUT2D eigenvalue weighted by Gasteiger charge is 2.50. The van der Waals surface area contributed by atoms with Gasteiger partial charge in [-0.05, 0) is 55.6 Å². The van der Waals surface area contributed by atoms with E-state index in [1.165, 1.54) is 0 Å². The fourth-order valence-corrected chi connectivity index (χ4v) is 6.70. The van der Waals surface area contributed by atoms with Crippen molar-refractivity contribution in [3.8, 4) is 0 Å². The van der Waals surface area contributed by atoms with Crippen LogP contribution >= 0.6 is 0 Å². The van der Waals surface area contributed by atoms with Crippen LogP contribution in [0.2, 0.25) is 0 Å². The summed E-state index contributed by atoms with van der Waals surface area (Å²) in [5, 5.41) is 12.9. The number of nitrogens with one attached hydrogen (secondary N) is 4. The molecule has 0 aromatic heterocycles. The molecular formula is C40H59N5O6. The Bertz CT molecular complexity index is 1410. The fraction of sp³-hybridized carbons (Fsp3) is 0.600. The van der Waals surface area contributed by atoms with Crippen LogP contribution in [0.25, 0.3) is 0 Å². The number of carbonyl (C=O) groups is 4. The molecule has 2 fully saturated rings. The van der Waals surface area contributed by atoms with E-state index in [4.69, 9.17) is 9.47 Å². The second kappa shape index (κ2) is 19.3. The largest absolute Gasteiger partial charge is 0.361 e. The van der Waals surface area contributed by atoms with Crippen LogP contribution in [0.5, 0.6) is 0 Å². The van der Waals surface area contributed by atoms with E-state index >= 15 is 0 Å². The van der Waals surface area contributed by atoms with Gasteiger partial charge in [-0.15, -0.1) is 0 Å². The molecule has 2 aromatic carbocycles. The molecule has 0 spiro atoms. The van der Waals surface area contributed by atoms with Crippen molar-refractivity contribution in [3.63, 3.8) is 0 Å². The van der Waals surface area contributed by atoms with E-state index in [9.17, 15) is 19.2 Å². The number of ketones is 1. The molecule has 0 radical (unpaired) electrons. The second-order valence-corrected chi connectivity index (χ2v) is 15.0.